The summed E-state index contributed by atoms with van der Waals surface area (Å²) in [6, 6.07) is 8.92. The SMILES string of the molecule is CC(C)(C)c1ccc(/C=C/[Si](C)(C)C)cc1. The van der Waals surface area contributed by atoms with Crippen LogP contribution < -0.4 is 0 Å². The van der Waals surface area contributed by atoms with Crippen LogP contribution in [0.2, 0.25) is 19.6 Å². The highest BCUT2D eigenvalue weighted by atomic mass is 28.3. The van der Waals surface area contributed by atoms with E-state index in [0.717, 1.165) is 0 Å². The molecule has 1 rings (SSSR count). The van der Waals surface area contributed by atoms with Crippen LogP contribution in [-0.2, 0) is 5.41 Å². The van der Waals surface area contributed by atoms with Gasteiger partial charge in [0.25, 0.3) is 0 Å². The maximum absolute atomic E-state index is 2.39. The van der Waals surface area contributed by atoms with Crippen molar-refractivity contribution < 1.29 is 0 Å². The molecule has 1 heteroatoms. The molecule has 0 atom stereocenters. The highest BCUT2D eigenvalue weighted by Gasteiger charge is 2.12. The molecule has 1 aromatic carbocycles. The fourth-order valence-corrected chi connectivity index (χ4v) is 2.13. The molecule has 0 spiro atoms. The van der Waals surface area contributed by atoms with Crippen molar-refractivity contribution in [2.24, 2.45) is 0 Å². The van der Waals surface area contributed by atoms with Gasteiger partial charge in [0.05, 0.1) is 8.07 Å². The van der Waals surface area contributed by atoms with Gasteiger partial charge in [0.15, 0.2) is 0 Å². The van der Waals surface area contributed by atoms with Crippen LogP contribution >= 0.6 is 0 Å². The van der Waals surface area contributed by atoms with E-state index < -0.39 is 8.07 Å². The lowest BCUT2D eigenvalue weighted by Gasteiger charge is -2.18. The average molecular weight is 232 g/mol. The predicted octanol–water partition coefficient (Wildman–Crippen LogP) is 4.87. The van der Waals surface area contributed by atoms with Gasteiger partial charge in [0.1, 0.15) is 0 Å². The first kappa shape index (κ1) is 13.2. The zero-order valence-electron chi connectivity index (χ0n) is 11.5. The standard InChI is InChI=1S/C15H24Si/c1-15(2,3)14-9-7-13(8-10-14)11-12-16(4,5)6/h7-12H,1-6H3/b12-11+. The van der Waals surface area contributed by atoms with E-state index >= 15 is 0 Å². The molecule has 88 valence electrons. The van der Waals surface area contributed by atoms with E-state index in [1.807, 2.05) is 0 Å². The zero-order chi connectivity index (χ0) is 12.4. The molecule has 0 radical (unpaired) electrons. The lowest BCUT2D eigenvalue weighted by Crippen LogP contribution is -2.15. The predicted molar refractivity (Wildman–Crippen MR) is 77.5 cm³/mol. The molecule has 0 fully saturated rings. The second kappa shape index (κ2) is 4.58. The lowest BCUT2D eigenvalue weighted by molar-refractivity contribution is 0.590. The Morgan fingerprint density at radius 3 is 1.81 bits per heavy atom. The normalized spacial score (nSPS) is 13.4. The van der Waals surface area contributed by atoms with Gasteiger partial charge in [-0.05, 0) is 16.5 Å². The maximum Gasteiger partial charge on any atom is 0.0687 e. The summed E-state index contributed by atoms with van der Waals surface area (Å²) >= 11 is 0. The topological polar surface area (TPSA) is 0 Å². The average Bonchev–Trinajstić information content (AvgIpc) is 2.13. The monoisotopic (exact) mass is 232 g/mol. The van der Waals surface area contributed by atoms with E-state index in [0.29, 0.717) is 0 Å². The third kappa shape index (κ3) is 4.36. The van der Waals surface area contributed by atoms with Crippen molar-refractivity contribution in [3.8, 4) is 0 Å². The molecule has 16 heavy (non-hydrogen) atoms. The lowest BCUT2D eigenvalue weighted by atomic mass is 9.87. The van der Waals surface area contributed by atoms with E-state index in [-0.39, 0.29) is 5.41 Å². The molecule has 0 nitrogen and oxygen atoms in total. The van der Waals surface area contributed by atoms with E-state index in [1.165, 1.54) is 11.1 Å². The Morgan fingerprint density at radius 2 is 1.44 bits per heavy atom. The highest BCUT2D eigenvalue weighted by Crippen LogP contribution is 2.22. The number of benzene rings is 1. The maximum atomic E-state index is 2.39. The fourth-order valence-electron chi connectivity index (χ4n) is 1.44. The summed E-state index contributed by atoms with van der Waals surface area (Å²) < 4.78 is 0. The van der Waals surface area contributed by atoms with E-state index in [2.05, 4.69) is 76.5 Å². The minimum absolute atomic E-state index is 0.251. The third-order valence-corrected chi connectivity index (χ3v) is 3.72. The fraction of sp³-hybridized carbons (Fsp3) is 0.467. The molecule has 0 unspecified atom stereocenters. The van der Waals surface area contributed by atoms with Crippen LogP contribution in [0.25, 0.3) is 6.08 Å². The molecule has 0 bridgehead atoms. The molecule has 0 heterocycles. The second-order valence-electron chi connectivity index (χ2n) is 6.57. The van der Waals surface area contributed by atoms with Crippen molar-refractivity contribution in [3.05, 3.63) is 41.1 Å². The highest BCUT2D eigenvalue weighted by molar-refractivity contribution is 6.81. The van der Waals surface area contributed by atoms with Crippen LogP contribution in [0.1, 0.15) is 31.9 Å². The molecule has 0 aromatic heterocycles. The Morgan fingerprint density at radius 1 is 0.938 bits per heavy atom. The van der Waals surface area contributed by atoms with E-state index in [4.69, 9.17) is 0 Å². The van der Waals surface area contributed by atoms with Gasteiger partial charge < -0.3 is 0 Å². The molecule has 0 aliphatic rings. The van der Waals surface area contributed by atoms with Crippen molar-refractivity contribution in [3.63, 3.8) is 0 Å². The first-order chi connectivity index (χ1) is 7.18. The number of rotatable bonds is 2. The molecule has 0 saturated heterocycles. The largest absolute Gasteiger partial charge is 0.0944 e. The molecule has 0 amide bonds. The summed E-state index contributed by atoms with van der Waals surface area (Å²) in [5.74, 6) is 0. The van der Waals surface area contributed by atoms with Crippen molar-refractivity contribution in [2.45, 2.75) is 45.8 Å². The van der Waals surface area contributed by atoms with Gasteiger partial charge in [-0.2, -0.15) is 0 Å². The van der Waals surface area contributed by atoms with Crippen LogP contribution in [0.15, 0.2) is 30.0 Å². The molecule has 0 aliphatic carbocycles. The van der Waals surface area contributed by atoms with Crippen LogP contribution in [0.3, 0.4) is 0 Å². The van der Waals surface area contributed by atoms with Gasteiger partial charge in [-0.1, -0.05) is 76.5 Å². The molecule has 0 saturated carbocycles. The minimum Gasteiger partial charge on any atom is -0.0944 e. The number of hydrogen-bond acceptors (Lipinski definition) is 0. The smallest absolute Gasteiger partial charge is 0.0687 e. The van der Waals surface area contributed by atoms with E-state index in [9.17, 15) is 0 Å². The Hall–Kier alpha value is -0.823. The molecule has 1 aromatic rings. The second-order valence-corrected chi connectivity index (χ2v) is 11.6. The summed E-state index contributed by atoms with van der Waals surface area (Å²) in [5.41, 5.74) is 5.35. The molecular weight excluding hydrogens is 208 g/mol. The van der Waals surface area contributed by atoms with Gasteiger partial charge in [-0.25, -0.2) is 0 Å². The Bertz CT molecular complexity index is 358. The van der Waals surface area contributed by atoms with Crippen molar-refractivity contribution >= 4 is 14.1 Å². The molecular formula is C15H24Si. The van der Waals surface area contributed by atoms with Crippen LogP contribution in [0.4, 0.5) is 0 Å². The summed E-state index contributed by atoms with van der Waals surface area (Å²) in [5, 5.41) is 0. The molecule has 0 N–H and O–H groups in total. The summed E-state index contributed by atoms with van der Waals surface area (Å²) in [7, 11) is -1.07. The van der Waals surface area contributed by atoms with Gasteiger partial charge in [-0.3, -0.25) is 0 Å². The summed E-state index contributed by atoms with van der Waals surface area (Å²) in [4.78, 5) is 0. The first-order valence-corrected chi connectivity index (χ1v) is 9.56. The zero-order valence-corrected chi connectivity index (χ0v) is 12.5. The van der Waals surface area contributed by atoms with Crippen molar-refractivity contribution in [2.75, 3.05) is 0 Å². The summed E-state index contributed by atoms with van der Waals surface area (Å²) in [6.07, 6.45) is 2.26. The quantitative estimate of drug-likeness (QED) is 0.638. The van der Waals surface area contributed by atoms with Crippen molar-refractivity contribution in [1.82, 2.24) is 0 Å². The van der Waals surface area contributed by atoms with Gasteiger partial charge in [0.2, 0.25) is 0 Å². The first-order valence-electron chi connectivity index (χ1n) is 5.98. The Labute approximate surface area is 101 Å². The number of hydrogen-bond donors (Lipinski definition) is 0. The van der Waals surface area contributed by atoms with Gasteiger partial charge in [0, 0.05) is 0 Å². The molecule has 0 aliphatic heterocycles. The minimum atomic E-state index is -1.07. The van der Waals surface area contributed by atoms with Crippen molar-refractivity contribution in [1.29, 1.82) is 0 Å². The van der Waals surface area contributed by atoms with Crippen LogP contribution in [0, 0.1) is 0 Å². The summed E-state index contributed by atoms with van der Waals surface area (Å²) in [6.45, 7) is 13.8. The third-order valence-electron chi connectivity index (χ3n) is 2.55. The Balaban J connectivity index is 2.85. The Kier molecular flexibility index (Phi) is 3.79. The van der Waals surface area contributed by atoms with Gasteiger partial charge in [-0.15, -0.1) is 0 Å². The van der Waals surface area contributed by atoms with Gasteiger partial charge >= 0.3 is 0 Å². The van der Waals surface area contributed by atoms with Crippen LogP contribution in [0.5, 0.6) is 0 Å². The van der Waals surface area contributed by atoms with E-state index in [1.54, 1.807) is 0 Å². The van der Waals surface area contributed by atoms with Crippen LogP contribution in [-0.4, -0.2) is 8.07 Å².